The van der Waals surface area contributed by atoms with Crippen molar-refractivity contribution in [3.63, 3.8) is 0 Å². The summed E-state index contributed by atoms with van der Waals surface area (Å²) in [7, 11) is 0. The van der Waals surface area contributed by atoms with Crippen molar-refractivity contribution in [2.75, 3.05) is 0 Å². The van der Waals surface area contributed by atoms with Crippen LogP contribution < -0.4 is 5.32 Å². The first kappa shape index (κ1) is 6.35. The predicted octanol–water partition coefficient (Wildman–Crippen LogP) is -0.207. The van der Waals surface area contributed by atoms with Gasteiger partial charge in [-0.2, -0.15) is 0 Å². The van der Waals surface area contributed by atoms with Crippen molar-refractivity contribution < 1.29 is 9.59 Å². The highest BCUT2D eigenvalue weighted by Crippen LogP contribution is 1.98. The van der Waals surface area contributed by atoms with Gasteiger partial charge in [-0.3, -0.25) is 9.59 Å². The molecule has 1 saturated heterocycles. The zero-order chi connectivity index (χ0) is 6.85. The Morgan fingerprint density at radius 2 is 2.00 bits per heavy atom. The molecule has 48 valence electrons. The molecule has 0 aromatic heterocycles. The molecular weight excluding hydrogens is 138 g/mol. The van der Waals surface area contributed by atoms with Crippen molar-refractivity contribution in [2.45, 2.75) is 12.8 Å². The predicted molar refractivity (Wildman–Crippen MR) is 35.0 cm³/mol. The van der Waals surface area contributed by atoms with Gasteiger partial charge in [-0.15, -0.1) is 0 Å². The minimum atomic E-state index is -0.281. The SMILES string of the molecule is O=C1CC(=O)NC(=S)C1. The second-order valence-electron chi connectivity index (χ2n) is 1.86. The van der Waals surface area contributed by atoms with Crippen molar-refractivity contribution in [2.24, 2.45) is 0 Å². The van der Waals surface area contributed by atoms with Gasteiger partial charge in [-0.05, 0) is 0 Å². The summed E-state index contributed by atoms with van der Waals surface area (Å²) in [4.78, 5) is 21.3. The maximum Gasteiger partial charge on any atom is 0.232 e. The summed E-state index contributed by atoms with van der Waals surface area (Å²) in [6.45, 7) is 0. The number of hydrogen-bond acceptors (Lipinski definition) is 3. The Labute approximate surface area is 57.4 Å². The number of piperidine rings is 1. The minimum Gasteiger partial charge on any atom is -0.320 e. The molecule has 0 atom stereocenters. The Morgan fingerprint density at radius 1 is 1.33 bits per heavy atom. The van der Waals surface area contributed by atoms with Crippen LogP contribution in [0.2, 0.25) is 0 Å². The molecule has 3 nitrogen and oxygen atoms in total. The molecule has 0 radical (unpaired) electrons. The van der Waals surface area contributed by atoms with E-state index < -0.39 is 0 Å². The third-order valence-electron chi connectivity index (χ3n) is 0.994. The number of carbonyl (C=O) groups excluding carboxylic acids is 2. The fraction of sp³-hybridized carbons (Fsp3) is 0.400. The highest BCUT2D eigenvalue weighted by atomic mass is 32.1. The molecule has 1 aliphatic heterocycles. The normalized spacial score (nSPS) is 19.8. The molecule has 4 heteroatoms. The zero-order valence-electron chi connectivity index (χ0n) is 4.64. The summed E-state index contributed by atoms with van der Waals surface area (Å²) < 4.78 is 0. The first-order chi connectivity index (χ1) is 4.18. The molecule has 0 saturated carbocycles. The van der Waals surface area contributed by atoms with Crippen LogP contribution in [0.25, 0.3) is 0 Å². The van der Waals surface area contributed by atoms with Crippen LogP contribution in [-0.4, -0.2) is 16.7 Å². The number of rotatable bonds is 0. The van der Waals surface area contributed by atoms with Crippen LogP contribution in [0, 0.1) is 0 Å². The van der Waals surface area contributed by atoms with Crippen molar-refractivity contribution >= 4 is 28.9 Å². The monoisotopic (exact) mass is 143 g/mol. The fourth-order valence-electron chi connectivity index (χ4n) is 0.665. The summed E-state index contributed by atoms with van der Waals surface area (Å²) in [6, 6.07) is 0. The molecule has 0 spiro atoms. The third-order valence-corrected chi connectivity index (χ3v) is 1.24. The van der Waals surface area contributed by atoms with Crippen molar-refractivity contribution in [1.29, 1.82) is 0 Å². The van der Waals surface area contributed by atoms with Crippen LogP contribution in [0.3, 0.4) is 0 Å². The van der Waals surface area contributed by atoms with Gasteiger partial charge in [0.2, 0.25) is 5.91 Å². The van der Waals surface area contributed by atoms with Crippen LogP contribution in [0.4, 0.5) is 0 Å². The average Bonchev–Trinajstić information content (AvgIpc) is 1.59. The molecule has 1 aliphatic rings. The topological polar surface area (TPSA) is 46.2 Å². The third kappa shape index (κ3) is 1.57. The van der Waals surface area contributed by atoms with Gasteiger partial charge in [0.1, 0.15) is 5.78 Å². The highest BCUT2D eigenvalue weighted by molar-refractivity contribution is 7.80. The van der Waals surface area contributed by atoms with Gasteiger partial charge in [0.15, 0.2) is 0 Å². The number of carbonyl (C=O) groups is 2. The molecule has 9 heavy (non-hydrogen) atoms. The summed E-state index contributed by atoms with van der Waals surface area (Å²) in [6.07, 6.45) is 0.210. The molecule has 1 rings (SSSR count). The van der Waals surface area contributed by atoms with Crippen LogP contribution in [0.15, 0.2) is 0 Å². The van der Waals surface area contributed by atoms with Crippen LogP contribution in [0.1, 0.15) is 12.8 Å². The summed E-state index contributed by atoms with van der Waals surface area (Å²) in [5, 5.41) is 2.38. The standard InChI is InChI=1S/C5H5NO2S/c7-3-1-4(8)6-5(9)2-3/h1-2H2,(H,6,8,9). The molecule has 0 unspecified atom stereocenters. The Kier molecular flexibility index (Phi) is 1.57. The van der Waals surface area contributed by atoms with E-state index in [9.17, 15) is 9.59 Å². The van der Waals surface area contributed by atoms with E-state index in [0.29, 0.717) is 4.99 Å². The van der Waals surface area contributed by atoms with Crippen molar-refractivity contribution in [3.05, 3.63) is 0 Å². The number of nitrogens with one attached hydrogen (secondary N) is 1. The van der Waals surface area contributed by atoms with Crippen molar-refractivity contribution in [1.82, 2.24) is 5.32 Å². The number of Topliss-reactive ketones (excluding diaryl/α,β-unsaturated/α-hetero) is 1. The summed E-state index contributed by atoms with van der Waals surface area (Å²) >= 11 is 4.61. The maximum atomic E-state index is 10.5. The van der Waals surface area contributed by atoms with E-state index in [4.69, 9.17) is 0 Å². The van der Waals surface area contributed by atoms with Gasteiger partial charge in [0.05, 0.1) is 17.8 Å². The Morgan fingerprint density at radius 3 is 2.44 bits per heavy atom. The lowest BCUT2D eigenvalue weighted by molar-refractivity contribution is -0.127. The van der Waals surface area contributed by atoms with E-state index in [1.54, 1.807) is 0 Å². The molecule has 0 aromatic rings. The van der Waals surface area contributed by atoms with E-state index in [0.717, 1.165) is 0 Å². The first-order valence-electron chi connectivity index (χ1n) is 2.53. The largest absolute Gasteiger partial charge is 0.320 e. The van der Waals surface area contributed by atoms with Gasteiger partial charge < -0.3 is 5.32 Å². The number of ketones is 1. The number of hydrogen-bond donors (Lipinski definition) is 1. The smallest absolute Gasteiger partial charge is 0.232 e. The van der Waals surface area contributed by atoms with Crippen LogP contribution in [0.5, 0.6) is 0 Å². The lowest BCUT2D eigenvalue weighted by Gasteiger charge is -2.10. The van der Waals surface area contributed by atoms with Gasteiger partial charge in [0.25, 0.3) is 0 Å². The molecule has 1 amide bonds. The van der Waals surface area contributed by atoms with Crippen LogP contribution in [-0.2, 0) is 9.59 Å². The highest BCUT2D eigenvalue weighted by Gasteiger charge is 2.18. The second-order valence-corrected chi connectivity index (χ2v) is 2.36. The first-order valence-corrected chi connectivity index (χ1v) is 2.93. The number of amides is 1. The molecule has 0 aliphatic carbocycles. The Hall–Kier alpha value is -0.770. The van der Waals surface area contributed by atoms with E-state index in [1.807, 2.05) is 0 Å². The summed E-state index contributed by atoms with van der Waals surface area (Å²) in [5.74, 6) is -0.375. The molecule has 1 fully saturated rings. The Bertz CT molecular complexity index is 142. The fourth-order valence-corrected chi connectivity index (χ4v) is 0.939. The van der Waals surface area contributed by atoms with Gasteiger partial charge in [-0.25, -0.2) is 0 Å². The number of thiocarbonyl (C=S) groups is 1. The second kappa shape index (κ2) is 2.23. The zero-order valence-corrected chi connectivity index (χ0v) is 5.46. The van der Waals surface area contributed by atoms with Gasteiger partial charge in [-0.1, -0.05) is 12.2 Å². The van der Waals surface area contributed by atoms with Crippen LogP contribution >= 0.6 is 12.2 Å². The van der Waals surface area contributed by atoms with E-state index >= 15 is 0 Å². The van der Waals surface area contributed by atoms with Crippen molar-refractivity contribution in [3.8, 4) is 0 Å². The van der Waals surface area contributed by atoms with E-state index in [2.05, 4.69) is 17.5 Å². The van der Waals surface area contributed by atoms with Gasteiger partial charge >= 0.3 is 0 Å². The molecular formula is C5H5NO2S. The molecule has 1 heterocycles. The maximum absolute atomic E-state index is 10.5. The van der Waals surface area contributed by atoms with Gasteiger partial charge in [0, 0.05) is 0 Å². The molecule has 0 bridgehead atoms. The molecule has 1 N–H and O–H groups in total. The molecule has 0 aromatic carbocycles. The minimum absolute atomic E-state index is 0.0138. The Balaban J connectivity index is 2.64. The quantitative estimate of drug-likeness (QED) is 0.377. The lowest BCUT2D eigenvalue weighted by Crippen LogP contribution is -2.37. The summed E-state index contributed by atoms with van der Waals surface area (Å²) in [5.41, 5.74) is 0. The van der Waals surface area contributed by atoms with E-state index in [-0.39, 0.29) is 24.5 Å². The lowest BCUT2D eigenvalue weighted by atomic mass is 10.1. The average molecular weight is 143 g/mol. The van der Waals surface area contributed by atoms with E-state index in [1.165, 1.54) is 0 Å².